The lowest BCUT2D eigenvalue weighted by molar-refractivity contribution is 0.633. The van der Waals surface area contributed by atoms with E-state index in [0.29, 0.717) is 17.3 Å². The molecule has 0 bridgehead atoms. The summed E-state index contributed by atoms with van der Waals surface area (Å²) in [6.45, 7) is 8.25. The van der Waals surface area contributed by atoms with E-state index < -0.39 is 0 Å². The zero-order valence-electron chi connectivity index (χ0n) is 15.1. The summed E-state index contributed by atoms with van der Waals surface area (Å²) in [5.41, 5.74) is 2.71. The van der Waals surface area contributed by atoms with Crippen LogP contribution in [-0.4, -0.2) is 20.5 Å². The van der Waals surface area contributed by atoms with Gasteiger partial charge in [0.25, 0.3) is 0 Å². The Morgan fingerprint density at radius 2 is 1.96 bits per heavy atom. The fraction of sp³-hybridized carbons (Fsp3) is 0.278. The molecule has 3 rings (SSSR count). The number of rotatable bonds is 5. The van der Waals surface area contributed by atoms with Crippen LogP contribution in [0, 0.1) is 11.8 Å². The van der Waals surface area contributed by atoms with Gasteiger partial charge in [0.15, 0.2) is 5.13 Å². The second-order valence-corrected chi connectivity index (χ2v) is 7.84. The number of anilines is 3. The van der Waals surface area contributed by atoms with Crippen LogP contribution in [0.15, 0.2) is 41.7 Å². The van der Waals surface area contributed by atoms with E-state index in [2.05, 4.69) is 51.5 Å². The van der Waals surface area contributed by atoms with Crippen LogP contribution in [0.5, 0.6) is 0 Å². The number of hydrogen-bond acceptors (Lipinski definition) is 8. The average Bonchev–Trinajstić information content (AvgIpc) is 2.93. The van der Waals surface area contributed by atoms with Gasteiger partial charge in [0.1, 0.15) is 5.69 Å². The van der Waals surface area contributed by atoms with Crippen molar-refractivity contribution < 1.29 is 0 Å². The zero-order valence-corrected chi connectivity index (χ0v) is 15.9. The molecule has 0 aliphatic rings. The van der Waals surface area contributed by atoms with Gasteiger partial charge in [-0.05, 0) is 57.1 Å². The lowest BCUT2D eigenvalue weighted by Gasteiger charge is -2.19. The molecule has 134 valence electrons. The lowest BCUT2D eigenvalue weighted by atomic mass is 10.1. The van der Waals surface area contributed by atoms with E-state index in [9.17, 15) is 4.91 Å². The van der Waals surface area contributed by atoms with Crippen LogP contribution in [0.4, 0.5) is 22.5 Å². The summed E-state index contributed by atoms with van der Waals surface area (Å²) in [6.07, 6.45) is 1.70. The molecule has 0 aliphatic carbocycles. The molecule has 0 saturated heterocycles. The van der Waals surface area contributed by atoms with Crippen molar-refractivity contribution in [1.82, 2.24) is 15.0 Å². The number of nitrogens with one attached hydrogen (secondary N) is 2. The first-order valence-electron chi connectivity index (χ1n) is 8.13. The standard InChI is InChI=1S/C18H20N6OS/c1-11-15(26-17(20-11)23-18(2,3)4)14-8-9-19-16(22-14)21-12-6-5-7-13(10-12)24-25/h5-10H,1-4H3,(H,20,23)(H,19,21,22). The molecule has 0 saturated carbocycles. The largest absolute Gasteiger partial charge is 0.357 e. The third-order valence-corrected chi connectivity index (χ3v) is 4.47. The molecule has 2 heterocycles. The quantitative estimate of drug-likeness (QED) is 0.597. The third kappa shape index (κ3) is 4.40. The summed E-state index contributed by atoms with van der Waals surface area (Å²) in [5, 5.41) is 10.3. The van der Waals surface area contributed by atoms with E-state index >= 15 is 0 Å². The number of nitrogens with zero attached hydrogens (tertiary/aromatic N) is 4. The molecule has 0 unspecified atom stereocenters. The van der Waals surface area contributed by atoms with Crippen LogP contribution >= 0.6 is 11.3 Å². The van der Waals surface area contributed by atoms with Gasteiger partial charge in [-0.1, -0.05) is 17.4 Å². The lowest BCUT2D eigenvalue weighted by Crippen LogP contribution is -2.25. The van der Waals surface area contributed by atoms with Crippen molar-refractivity contribution in [3.05, 3.63) is 47.1 Å². The van der Waals surface area contributed by atoms with Gasteiger partial charge in [-0.15, -0.1) is 4.91 Å². The van der Waals surface area contributed by atoms with Crippen molar-refractivity contribution in [3.8, 4) is 10.6 Å². The molecule has 3 aromatic rings. The Morgan fingerprint density at radius 1 is 1.15 bits per heavy atom. The number of nitroso groups, excluding NO2 is 1. The molecule has 2 N–H and O–H groups in total. The molecular formula is C18H20N6OS. The van der Waals surface area contributed by atoms with Gasteiger partial charge in [0, 0.05) is 17.4 Å². The molecule has 0 atom stereocenters. The van der Waals surface area contributed by atoms with Gasteiger partial charge in [-0.3, -0.25) is 0 Å². The van der Waals surface area contributed by atoms with Crippen molar-refractivity contribution in [2.45, 2.75) is 33.2 Å². The number of thiazole rings is 1. The first kappa shape index (κ1) is 17.9. The van der Waals surface area contributed by atoms with Gasteiger partial charge >= 0.3 is 0 Å². The van der Waals surface area contributed by atoms with E-state index in [1.807, 2.05) is 19.1 Å². The number of aromatic nitrogens is 3. The summed E-state index contributed by atoms with van der Waals surface area (Å²) in [4.78, 5) is 25.1. The van der Waals surface area contributed by atoms with Crippen LogP contribution in [0.3, 0.4) is 0 Å². The van der Waals surface area contributed by atoms with Crippen molar-refractivity contribution in [3.63, 3.8) is 0 Å². The van der Waals surface area contributed by atoms with Crippen LogP contribution in [-0.2, 0) is 0 Å². The van der Waals surface area contributed by atoms with Crippen molar-refractivity contribution in [2.24, 2.45) is 5.18 Å². The predicted molar refractivity (Wildman–Crippen MR) is 106 cm³/mol. The second kappa shape index (κ2) is 7.17. The van der Waals surface area contributed by atoms with Crippen molar-refractivity contribution >= 4 is 33.8 Å². The van der Waals surface area contributed by atoms with Gasteiger partial charge in [-0.25, -0.2) is 15.0 Å². The molecule has 8 heteroatoms. The SMILES string of the molecule is Cc1nc(NC(C)(C)C)sc1-c1ccnc(Nc2cccc(N=O)c2)n1. The molecule has 0 fully saturated rings. The van der Waals surface area contributed by atoms with Gasteiger partial charge in [-0.2, -0.15) is 0 Å². The highest BCUT2D eigenvalue weighted by molar-refractivity contribution is 7.19. The molecule has 2 aromatic heterocycles. The molecule has 0 amide bonds. The summed E-state index contributed by atoms with van der Waals surface area (Å²) in [5.74, 6) is 0.448. The van der Waals surface area contributed by atoms with Gasteiger partial charge < -0.3 is 10.6 Å². The summed E-state index contributed by atoms with van der Waals surface area (Å²) < 4.78 is 0. The Bertz CT molecular complexity index is 931. The number of aryl methyl sites for hydroxylation is 1. The van der Waals surface area contributed by atoms with Crippen LogP contribution < -0.4 is 10.6 Å². The highest BCUT2D eigenvalue weighted by atomic mass is 32.1. The Morgan fingerprint density at radius 3 is 2.69 bits per heavy atom. The molecule has 1 aromatic carbocycles. The Kier molecular flexibility index (Phi) is 4.94. The minimum atomic E-state index is -0.0580. The fourth-order valence-corrected chi connectivity index (χ4v) is 3.47. The maximum Gasteiger partial charge on any atom is 0.227 e. The number of benzene rings is 1. The molecule has 0 radical (unpaired) electrons. The van der Waals surface area contributed by atoms with E-state index in [-0.39, 0.29) is 5.54 Å². The molecule has 0 aliphatic heterocycles. The number of hydrogen-bond donors (Lipinski definition) is 2. The highest BCUT2D eigenvalue weighted by Crippen LogP contribution is 2.33. The summed E-state index contributed by atoms with van der Waals surface area (Å²) >= 11 is 1.56. The van der Waals surface area contributed by atoms with E-state index in [1.54, 1.807) is 35.7 Å². The van der Waals surface area contributed by atoms with Crippen molar-refractivity contribution in [1.29, 1.82) is 0 Å². The molecular weight excluding hydrogens is 348 g/mol. The first-order chi connectivity index (χ1) is 12.3. The van der Waals surface area contributed by atoms with Gasteiger partial charge in [0.05, 0.1) is 16.3 Å². The topological polar surface area (TPSA) is 92.2 Å². The van der Waals surface area contributed by atoms with E-state index in [0.717, 1.165) is 21.4 Å². The zero-order chi connectivity index (χ0) is 18.7. The first-order valence-corrected chi connectivity index (χ1v) is 8.95. The van der Waals surface area contributed by atoms with Crippen LogP contribution in [0.25, 0.3) is 10.6 Å². The van der Waals surface area contributed by atoms with Crippen molar-refractivity contribution in [2.75, 3.05) is 10.6 Å². The minimum Gasteiger partial charge on any atom is -0.357 e. The smallest absolute Gasteiger partial charge is 0.227 e. The Balaban J connectivity index is 1.86. The minimum absolute atomic E-state index is 0.0580. The Hall–Kier alpha value is -2.87. The monoisotopic (exact) mass is 368 g/mol. The van der Waals surface area contributed by atoms with Gasteiger partial charge in [0.2, 0.25) is 5.95 Å². The normalized spacial score (nSPS) is 11.2. The van der Waals surface area contributed by atoms with E-state index in [4.69, 9.17) is 0 Å². The highest BCUT2D eigenvalue weighted by Gasteiger charge is 2.16. The third-order valence-electron chi connectivity index (χ3n) is 3.37. The molecule has 26 heavy (non-hydrogen) atoms. The maximum atomic E-state index is 10.7. The van der Waals surface area contributed by atoms with E-state index in [1.165, 1.54) is 0 Å². The van der Waals surface area contributed by atoms with Crippen LogP contribution in [0.2, 0.25) is 0 Å². The predicted octanol–water partition coefficient (Wildman–Crippen LogP) is 5.26. The molecule has 7 nitrogen and oxygen atoms in total. The maximum absolute atomic E-state index is 10.7. The summed E-state index contributed by atoms with van der Waals surface area (Å²) in [6, 6.07) is 8.72. The second-order valence-electron chi connectivity index (χ2n) is 6.84. The average molecular weight is 368 g/mol. The molecule has 0 spiro atoms. The fourth-order valence-electron chi connectivity index (χ4n) is 2.32. The summed E-state index contributed by atoms with van der Waals surface area (Å²) in [7, 11) is 0. The van der Waals surface area contributed by atoms with Crippen LogP contribution in [0.1, 0.15) is 26.5 Å². The Labute approximate surface area is 155 Å².